The summed E-state index contributed by atoms with van der Waals surface area (Å²) >= 11 is 0. The van der Waals surface area contributed by atoms with E-state index >= 15 is 0 Å². The fourth-order valence-corrected chi connectivity index (χ4v) is 3.07. The van der Waals surface area contributed by atoms with Crippen LogP contribution in [0, 0.1) is 5.92 Å². The molecule has 1 aliphatic heterocycles. The molecule has 1 unspecified atom stereocenters. The van der Waals surface area contributed by atoms with Gasteiger partial charge in [-0.05, 0) is 43.5 Å². The summed E-state index contributed by atoms with van der Waals surface area (Å²) in [5.74, 6) is 0.280. The zero-order chi connectivity index (χ0) is 15.8. The average molecular weight is 302 g/mol. The standard InChI is InChI=1S/C19H30N2O/c1-3-7-16(2)19(22)20-14-17-8-10-18(11-9-17)15-21-12-5-4-6-13-21/h8-11,16H,3-7,12-15H2,1-2H3,(H,20,22). The van der Waals surface area contributed by atoms with Gasteiger partial charge in [0.2, 0.25) is 5.91 Å². The van der Waals surface area contributed by atoms with Gasteiger partial charge in [0.25, 0.3) is 0 Å². The SMILES string of the molecule is CCCC(C)C(=O)NCc1ccc(CN2CCCCC2)cc1. The van der Waals surface area contributed by atoms with Crippen molar-refractivity contribution in [3.63, 3.8) is 0 Å². The highest BCUT2D eigenvalue weighted by molar-refractivity contribution is 5.78. The van der Waals surface area contributed by atoms with Crippen molar-refractivity contribution < 1.29 is 4.79 Å². The second-order valence-corrected chi connectivity index (χ2v) is 6.56. The molecule has 0 bridgehead atoms. The summed E-state index contributed by atoms with van der Waals surface area (Å²) in [6.45, 7) is 8.27. The molecule has 1 atom stereocenters. The van der Waals surface area contributed by atoms with Crippen molar-refractivity contribution in [2.45, 2.75) is 59.0 Å². The number of hydrogen-bond acceptors (Lipinski definition) is 2. The van der Waals surface area contributed by atoms with Crippen molar-refractivity contribution in [3.05, 3.63) is 35.4 Å². The fraction of sp³-hybridized carbons (Fsp3) is 0.632. The normalized spacial score (nSPS) is 17.2. The first-order valence-electron chi connectivity index (χ1n) is 8.77. The summed E-state index contributed by atoms with van der Waals surface area (Å²) in [6, 6.07) is 8.69. The summed E-state index contributed by atoms with van der Waals surface area (Å²) in [7, 11) is 0. The molecule has 1 aromatic rings. The Morgan fingerprint density at radius 3 is 2.41 bits per heavy atom. The Hall–Kier alpha value is -1.35. The van der Waals surface area contributed by atoms with E-state index in [1.165, 1.54) is 43.5 Å². The monoisotopic (exact) mass is 302 g/mol. The van der Waals surface area contributed by atoms with Crippen LogP contribution >= 0.6 is 0 Å². The maximum absolute atomic E-state index is 11.9. The molecule has 0 saturated carbocycles. The molecule has 1 saturated heterocycles. The molecule has 0 aromatic heterocycles. The van der Waals surface area contributed by atoms with E-state index < -0.39 is 0 Å². The highest BCUT2D eigenvalue weighted by Gasteiger charge is 2.12. The van der Waals surface area contributed by atoms with Gasteiger partial charge in [-0.15, -0.1) is 0 Å². The summed E-state index contributed by atoms with van der Waals surface area (Å²) < 4.78 is 0. The van der Waals surface area contributed by atoms with E-state index in [0.29, 0.717) is 6.54 Å². The number of nitrogens with zero attached hydrogens (tertiary/aromatic N) is 1. The van der Waals surface area contributed by atoms with Crippen LogP contribution in [-0.2, 0) is 17.9 Å². The Bertz CT molecular complexity index is 449. The number of carbonyl (C=O) groups excluding carboxylic acids is 1. The van der Waals surface area contributed by atoms with Gasteiger partial charge in [-0.25, -0.2) is 0 Å². The molecule has 22 heavy (non-hydrogen) atoms. The summed E-state index contributed by atoms with van der Waals surface area (Å²) in [6.07, 6.45) is 6.06. The highest BCUT2D eigenvalue weighted by atomic mass is 16.1. The van der Waals surface area contributed by atoms with Crippen LogP contribution in [-0.4, -0.2) is 23.9 Å². The number of rotatable bonds is 7. The van der Waals surface area contributed by atoms with E-state index in [0.717, 1.165) is 19.4 Å². The summed E-state index contributed by atoms with van der Waals surface area (Å²) in [5.41, 5.74) is 2.55. The van der Waals surface area contributed by atoms with Crippen LogP contribution in [0.1, 0.15) is 57.1 Å². The van der Waals surface area contributed by atoms with E-state index in [4.69, 9.17) is 0 Å². The molecule has 0 radical (unpaired) electrons. The predicted molar refractivity (Wildman–Crippen MR) is 91.5 cm³/mol. The Morgan fingerprint density at radius 1 is 1.14 bits per heavy atom. The summed E-state index contributed by atoms with van der Waals surface area (Å²) in [5, 5.41) is 3.04. The quantitative estimate of drug-likeness (QED) is 0.832. The molecule has 2 rings (SSSR count). The van der Waals surface area contributed by atoms with Gasteiger partial charge in [0.15, 0.2) is 0 Å². The van der Waals surface area contributed by atoms with Gasteiger partial charge in [0, 0.05) is 19.0 Å². The highest BCUT2D eigenvalue weighted by Crippen LogP contribution is 2.14. The molecule has 3 nitrogen and oxygen atoms in total. The smallest absolute Gasteiger partial charge is 0.223 e. The van der Waals surface area contributed by atoms with E-state index in [-0.39, 0.29) is 11.8 Å². The fourth-order valence-electron chi connectivity index (χ4n) is 3.07. The van der Waals surface area contributed by atoms with Crippen molar-refractivity contribution in [1.82, 2.24) is 10.2 Å². The van der Waals surface area contributed by atoms with Crippen LogP contribution in [0.15, 0.2) is 24.3 Å². The third-order valence-electron chi connectivity index (χ3n) is 4.51. The van der Waals surface area contributed by atoms with Gasteiger partial charge in [-0.3, -0.25) is 9.69 Å². The molecular weight excluding hydrogens is 272 g/mol. The van der Waals surface area contributed by atoms with Gasteiger partial charge in [-0.1, -0.05) is 51.0 Å². The van der Waals surface area contributed by atoms with Gasteiger partial charge in [0.1, 0.15) is 0 Å². The van der Waals surface area contributed by atoms with Crippen molar-refractivity contribution in [2.24, 2.45) is 5.92 Å². The molecule has 1 amide bonds. The molecule has 1 fully saturated rings. The van der Waals surface area contributed by atoms with Crippen LogP contribution < -0.4 is 5.32 Å². The predicted octanol–water partition coefficient (Wildman–Crippen LogP) is 3.72. The maximum Gasteiger partial charge on any atom is 0.223 e. The largest absolute Gasteiger partial charge is 0.352 e. The second kappa shape index (κ2) is 8.94. The first-order chi connectivity index (χ1) is 10.7. The van der Waals surface area contributed by atoms with Crippen molar-refractivity contribution in [3.8, 4) is 0 Å². The zero-order valence-corrected chi connectivity index (χ0v) is 14.1. The van der Waals surface area contributed by atoms with Crippen LogP contribution in [0.25, 0.3) is 0 Å². The first kappa shape index (κ1) is 17.0. The molecule has 1 aromatic carbocycles. The lowest BCUT2D eigenvalue weighted by Gasteiger charge is -2.26. The number of likely N-dealkylation sites (tertiary alicyclic amines) is 1. The second-order valence-electron chi connectivity index (χ2n) is 6.56. The summed E-state index contributed by atoms with van der Waals surface area (Å²) in [4.78, 5) is 14.5. The minimum atomic E-state index is 0.114. The number of carbonyl (C=O) groups is 1. The third-order valence-corrected chi connectivity index (χ3v) is 4.51. The molecular formula is C19H30N2O. The Balaban J connectivity index is 1.77. The molecule has 122 valence electrons. The topological polar surface area (TPSA) is 32.3 Å². The van der Waals surface area contributed by atoms with Crippen molar-refractivity contribution in [1.29, 1.82) is 0 Å². The maximum atomic E-state index is 11.9. The van der Waals surface area contributed by atoms with Crippen LogP contribution in [0.2, 0.25) is 0 Å². The molecule has 3 heteroatoms. The first-order valence-corrected chi connectivity index (χ1v) is 8.77. The van der Waals surface area contributed by atoms with Crippen LogP contribution in [0.3, 0.4) is 0 Å². The van der Waals surface area contributed by atoms with E-state index in [1.54, 1.807) is 0 Å². The number of nitrogens with one attached hydrogen (secondary N) is 1. The number of amides is 1. The number of benzene rings is 1. The zero-order valence-electron chi connectivity index (χ0n) is 14.1. The van der Waals surface area contributed by atoms with Crippen molar-refractivity contribution in [2.75, 3.05) is 13.1 Å². The number of hydrogen-bond donors (Lipinski definition) is 1. The van der Waals surface area contributed by atoms with Crippen molar-refractivity contribution >= 4 is 5.91 Å². The Kier molecular flexibility index (Phi) is 6.91. The van der Waals surface area contributed by atoms with E-state index in [9.17, 15) is 4.79 Å². The average Bonchev–Trinajstić information content (AvgIpc) is 2.55. The van der Waals surface area contributed by atoms with Crippen LogP contribution in [0.4, 0.5) is 0 Å². The van der Waals surface area contributed by atoms with Gasteiger partial charge in [0.05, 0.1) is 0 Å². The van der Waals surface area contributed by atoms with Gasteiger partial charge in [-0.2, -0.15) is 0 Å². The lowest BCUT2D eigenvalue weighted by molar-refractivity contribution is -0.124. The lowest BCUT2D eigenvalue weighted by atomic mass is 10.1. The molecule has 1 N–H and O–H groups in total. The Morgan fingerprint density at radius 2 is 1.77 bits per heavy atom. The molecule has 0 aliphatic carbocycles. The van der Waals surface area contributed by atoms with Gasteiger partial charge >= 0.3 is 0 Å². The van der Waals surface area contributed by atoms with E-state index in [2.05, 4.69) is 41.4 Å². The van der Waals surface area contributed by atoms with Gasteiger partial charge < -0.3 is 5.32 Å². The van der Waals surface area contributed by atoms with Crippen LogP contribution in [0.5, 0.6) is 0 Å². The molecule has 1 aliphatic rings. The molecule has 0 spiro atoms. The minimum absolute atomic E-state index is 0.114. The third kappa shape index (κ3) is 5.45. The Labute approximate surface area is 135 Å². The van der Waals surface area contributed by atoms with E-state index in [1.807, 2.05) is 6.92 Å². The lowest BCUT2D eigenvalue weighted by Crippen LogP contribution is -2.29. The minimum Gasteiger partial charge on any atom is -0.352 e. The number of piperidine rings is 1. The molecule has 1 heterocycles.